The van der Waals surface area contributed by atoms with Crippen molar-refractivity contribution in [3.05, 3.63) is 12.2 Å². The van der Waals surface area contributed by atoms with Gasteiger partial charge in [0, 0.05) is 19.6 Å². The van der Waals surface area contributed by atoms with Crippen molar-refractivity contribution in [3.63, 3.8) is 0 Å². The molecule has 0 bridgehead atoms. The van der Waals surface area contributed by atoms with Gasteiger partial charge < -0.3 is 9.47 Å². The molecule has 64 valence electrons. The number of hydrogen-bond acceptors (Lipinski definition) is 3. The van der Waals surface area contributed by atoms with Gasteiger partial charge >= 0.3 is 5.97 Å². The predicted molar refractivity (Wildman–Crippen MR) is 42.0 cm³/mol. The third kappa shape index (κ3) is 4.56. The van der Waals surface area contributed by atoms with Crippen molar-refractivity contribution in [2.24, 2.45) is 0 Å². The van der Waals surface area contributed by atoms with E-state index in [1.165, 1.54) is 13.2 Å². The Bertz CT molecular complexity index is 136. The molecule has 3 nitrogen and oxygen atoms in total. The number of rotatable bonds is 4. The lowest BCUT2D eigenvalue weighted by Gasteiger charge is -2.11. The van der Waals surface area contributed by atoms with Crippen LogP contribution < -0.4 is 0 Å². The molecule has 0 saturated heterocycles. The second-order valence-corrected chi connectivity index (χ2v) is 2.01. The molecule has 0 aliphatic heterocycles. The molecule has 0 aromatic rings. The smallest absolute Gasteiger partial charge is 0.332 e. The highest BCUT2D eigenvalue weighted by molar-refractivity contribution is 5.81. The minimum Gasteiger partial charge on any atom is -0.433 e. The normalized spacial score (nSPS) is 13.4. The quantitative estimate of drug-likeness (QED) is 0.353. The molecule has 0 saturated carbocycles. The summed E-state index contributed by atoms with van der Waals surface area (Å²) in [6, 6.07) is 0. The van der Waals surface area contributed by atoms with Crippen LogP contribution in [0.25, 0.3) is 0 Å². The summed E-state index contributed by atoms with van der Waals surface area (Å²) in [6.07, 6.45) is 3.24. The molecule has 0 rings (SSSR count). The largest absolute Gasteiger partial charge is 0.433 e. The fourth-order valence-corrected chi connectivity index (χ4v) is 0.603. The lowest BCUT2D eigenvalue weighted by molar-refractivity contribution is -0.167. The molecular formula is C8H14O3. The van der Waals surface area contributed by atoms with Gasteiger partial charge in [-0.3, -0.25) is 0 Å². The highest BCUT2D eigenvalue weighted by Gasteiger charge is 2.07. The summed E-state index contributed by atoms with van der Waals surface area (Å²) in [7, 11) is 1.51. The molecule has 0 heterocycles. The molecule has 0 aromatic heterocycles. The standard InChI is InChI=1S/C8H14O3/c1-4-6-7(9)11-8(5-2)10-3/h4,6,8H,5H2,1-3H3/b6-4+. The molecule has 0 aliphatic carbocycles. The molecule has 3 heteroatoms. The van der Waals surface area contributed by atoms with Gasteiger partial charge in [0.05, 0.1) is 0 Å². The van der Waals surface area contributed by atoms with Gasteiger partial charge in [0.1, 0.15) is 0 Å². The summed E-state index contributed by atoms with van der Waals surface area (Å²) in [6.45, 7) is 3.64. The van der Waals surface area contributed by atoms with Gasteiger partial charge in [-0.15, -0.1) is 0 Å². The maximum Gasteiger partial charge on any atom is 0.332 e. The van der Waals surface area contributed by atoms with E-state index in [-0.39, 0.29) is 5.97 Å². The van der Waals surface area contributed by atoms with Crippen LogP contribution >= 0.6 is 0 Å². The first-order chi connectivity index (χ1) is 5.24. The zero-order valence-corrected chi connectivity index (χ0v) is 7.16. The van der Waals surface area contributed by atoms with E-state index in [1.807, 2.05) is 6.92 Å². The van der Waals surface area contributed by atoms with E-state index in [0.717, 1.165) is 0 Å². The zero-order valence-electron chi connectivity index (χ0n) is 7.16. The van der Waals surface area contributed by atoms with E-state index in [4.69, 9.17) is 9.47 Å². The van der Waals surface area contributed by atoms with Crippen LogP contribution in [0.3, 0.4) is 0 Å². The first-order valence-electron chi connectivity index (χ1n) is 3.60. The van der Waals surface area contributed by atoms with E-state index in [0.29, 0.717) is 6.42 Å². The van der Waals surface area contributed by atoms with Crippen molar-refractivity contribution in [1.82, 2.24) is 0 Å². The number of ether oxygens (including phenoxy) is 2. The van der Waals surface area contributed by atoms with Crippen molar-refractivity contribution in [2.45, 2.75) is 26.6 Å². The summed E-state index contributed by atoms with van der Waals surface area (Å²) in [5.74, 6) is -0.360. The van der Waals surface area contributed by atoms with Crippen LogP contribution in [0.4, 0.5) is 0 Å². The molecule has 0 aliphatic rings. The van der Waals surface area contributed by atoms with E-state index in [9.17, 15) is 4.79 Å². The summed E-state index contributed by atoms with van der Waals surface area (Å²) in [4.78, 5) is 10.8. The number of methoxy groups -OCH3 is 1. The Morgan fingerprint density at radius 1 is 1.64 bits per heavy atom. The lowest BCUT2D eigenvalue weighted by atomic mass is 10.4. The van der Waals surface area contributed by atoms with Crippen LogP contribution in [-0.2, 0) is 14.3 Å². The van der Waals surface area contributed by atoms with Crippen LogP contribution in [0.5, 0.6) is 0 Å². The summed E-state index contributed by atoms with van der Waals surface area (Å²) < 4.78 is 9.68. The summed E-state index contributed by atoms with van der Waals surface area (Å²) in [5.41, 5.74) is 0. The van der Waals surface area contributed by atoms with Crippen LogP contribution in [0.2, 0.25) is 0 Å². The third-order valence-corrected chi connectivity index (χ3v) is 1.15. The van der Waals surface area contributed by atoms with E-state index < -0.39 is 6.29 Å². The van der Waals surface area contributed by atoms with Crippen molar-refractivity contribution in [1.29, 1.82) is 0 Å². The fourth-order valence-electron chi connectivity index (χ4n) is 0.603. The zero-order chi connectivity index (χ0) is 8.69. The van der Waals surface area contributed by atoms with E-state index in [1.54, 1.807) is 13.0 Å². The van der Waals surface area contributed by atoms with E-state index in [2.05, 4.69) is 0 Å². The second-order valence-electron chi connectivity index (χ2n) is 2.01. The first-order valence-corrected chi connectivity index (χ1v) is 3.60. The molecular weight excluding hydrogens is 144 g/mol. The third-order valence-electron chi connectivity index (χ3n) is 1.15. The van der Waals surface area contributed by atoms with Gasteiger partial charge in [-0.05, 0) is 6.92 Å². The first kappa shape index (κ1) is 10.2. The number of carbonyl (C=O) groups excluding carboxylic acids is 1. The SMILES string of the molecule is C/C=C/C(=O)OC(CC)OC. The van der Waals surface area contributed by atoms with Gasteiger partial charge in [-0.25, -0.2) is 4.79 Å². The highest BCUT2D eigenvalue weighted by Crippen LogP contribution is 1.98. The average Bonchev–Trinajstić information content (AvgIpc) is 2.01. The van der Waals surface area contributed by atoms with Gasteiger partial charge in [-0.2, -0.15) is 0 Å². The van der Waals surface area contributed by atoms with Crippen molar-refractivity contribution in [3.8, 4) is 0 Å². The Kier molecular flexibility index (Phi) is 5.47. The number of carbonyl (C=O) groups is 1. The fraction of sp³-hybridized carbons (Fsp3) is 0.625. The molecule has 0 aromatic carbocycles. The highest BCUT2D eigenvalue weighted by atomic mass is 16.7. The molecule has 0 N–H and O–H groups in total. The lowest BCUT2D eigenvalue weighted by Crippen LogP contribution is -2.17. The monoisotopic (exact) mass is 158 g/mol. The minimum atomic E-state index is -0.418. The van der Waals surface area contributed by atoms with Crippen LogP contribution in [-0.4, -0.2) is 19.4 Å². The molecule has 0 fully saturated rings. The Labute approximate surface area is 67.0 Å². The topological polar surface area (TPSA) is 35.5 Å². The van der Waals surface area contributed by atoms with Gasteiger partial charge in [0.25, 0.3) is 0 Å². The molecule has 0 amide bonds. The summed E-state index contributed by atoms with van der Waals surface area (Å²) >= 11 is 0. The van der Waals surface area contributed by atoms with Gasteiger partial charge in [0.2, 0.25) is 6.29 Å². The maximum absolute atomic E-state index is 10.8. The van der Waals surface area contributed by atoms with Crippen molar-refractivity contribution >= 4 is 5.97 Å². The molecule has 1 unspecified atom stereocenters. The molecule has 0 spiro atoms. The molecule has 1 atom stereocenters. The Balaban J connectivity index is 3.71. The van der Waals surface area contributed by atoms with Crippen molar-refractivity contribution < 1.29 is 14.3 Å². The van der Waals surface area contributed by atoms with Crippen LogP contribution in [0, 0.1) is 0 Å². The van der Waals surface area contributed by atoms with Crippen molar-refractivity contribution in [2.75, 3.05) is 7.11 Å². The van der Waals surface area contributed by atoms with E-state index >= 15 is 0 Å². The Hall–Kier alpha value is -0.830. The second kappa shape index (κ2) is 5.92. The molecule has 11 heavy (non-hydrogen) atoms. The predicted octanol–water partition coefficient (Wildman–Crippen LogP) is 1.49. The van der Waals surface area contributed by atoms with Crippen LogP contribution in [0.15, 0.2) is 12.2 Å². The Morgan fingerprint density at radius 3 is 2.64 bits per heavy atom. The minimum absolute atomic E-state index is 0.360. The van der Waals surface area contributed by atoms with Crippen LogP contribution in [0.1, 0.15) is 20.3 Å². The number of allylic oxidation sites excluding steroid dienone is 1. The number of esters is 1. The van der Waals surface area contributed by atoms with Gasteiger partial charge in [0.15, 0.2) is 0 Å². The summed E-state index contributed by atoms with van der Waals surface area (Å²) in [5, 5.41) is 0. The molecule has 0 radical (unpaired) electrons. The number of hydrogen-bond donors (Lipinski definition) is 0. The average molecular weight is 158 g/mol. The van der Waals surface area contributed by atoms with Gasteiger partial charge in [-0.1, -0.05) is 13.0 Å². The Morgan fingerprint density at radius 2 is 2.27 bits per heavy atom. The maximum atomic E-state index is 10.8.